The largest absolute Gasteiger partial charge is 0.434 e. The number of aryl methyl sites for hydroxylation is 2. The van der Waals surface area contributed by atoms with E-state index < -0.39 is 23.2 Å². The lowest BCUT2D eigenvalue weighted by Crippen LogP contribution is -2.36. The minimum Gasteiger partial charge on any atom is -0.382 e. The van der Waals surface area contributed by atoms with Gasteiger partial charge in [-0.3, -0.25) is 14.4 Å². The maximum absolute atomic E-state index is 15.3. The third-order valence-electron chi connectivity index (χ3n) is 6.93. The maximum Gasteiger partial charge on any atom is 0.434 e. The van der Waals surface area contributed by atoms with E-state index in [9.17, 15) is 18.0 Å². The lowest BCUT2D eigenvalue weighted by atomic mass is 10.1. The van der Waals surface area contributed by atoms with Gasteiger partial charge in [0.05, 0.1) is 42.0 Å². The zero-order chi connectivity index (χ0) is 29.7. The Hall–Kier alpha value is -3.71. The average Bonchev–Trinajstić information content (AvgIpc) is 3.62. The van der Waals surface area contributed by atoms with Gasteiger partial charge in [0.15, 0.2) is 5.69 Å². The second kappa shape index (κ2) is 10.6. The molecule has 0 radical (unpaired) electrons. The Labute approximate surface area is 238 Å². The summed E-state index contributed by atoms with van der Waals surface area (Å²) in [4.78, 5) is 18.1. The van der Waals surface area contributed by atoms with E-state index in [-0.39, 0.29) is 36.8 Å². The minimum absolute atomic E-state index is 0.0271. The van der Waals surface area contributed by atoms with Crippen molar-refractivity contribution >= 4 is 23.3 Å². The molecule has 0 unspecified atom stereocenters. The molecule has 4 aromatic rings. The first-order valence-electron chi connectivity index (χ1n) is 12.9. The van der Waals surface area contributed by atoms with Gasteiger partial charge in [0.2, 0.25) is 5.91 Å². The van der Waals surface area contributed by atoms with Crippen LogP contribution in [0.15, 0.2) is 36.7 Å². The van der Waals surface area contributed by atoms with Crippen molar-refractivity contribution in [1.29, 1.82) is 0 Å². The van der Waals surface area contributed by atoms with Crippen molar-refractivity contribution in [3.63, 3.8) is 0 Å². The van der Waals surface area contributed by atoms with E-state index in [1.807, 2.05) is 13.8 Å². The number of fused-ring (bicyclic) bond motifs is 1. The molecular formula is C27H28ClF4N7O2. The minimum atomic E-state index is -4.65. The normalized spacial score (nSPS) is 14.2. The molecule has 1 aliphatic rings. The third kappa shape index (κ3) is 5.35. The molecule has 14 heteroatoms. The fourth-order valence-corrected chi connectivity index (χ4v) is 5.22. The molecule has 41 heavy (non-hydrogen) atoms. The van der Waals surface area contributed by atoms with Crippen molar-refractivity contribution in [3.8, 4) is 22.8 Å². The number of benzene rings is 1. The van der Waals surface area contributed by atoms with Crippen molar-refractivity contribution in [2.45, 2.75) is 58.5 Å². The summed E-state index contributed by atoms with van der Waals surface area (Å²) in [7, 11) is 1.60. The molecule has 0 saturated heterocycles. The number of halogens is 5. The Morgan fingerprint density at radius 3 is 2.59 bits per heavy atom. The van der Waals surface area contributed by atoms with Crippen molar-refractivity contribution in [1.82, 2.24) is 29.1 Å². The van der Waals surface area contributed by atoms with E-state index >= 15 is 4.39 Å². The molecule has 1 aromatic carbocycles. The van der Waals surface area contributed by atoms with Gasteiger partial charge >= 0.3 is 6.18 Å². The number of carbonyl (C=O) groups is 1. The number of anilines is 1. The molecule has 3 aromatic heterocycles. The van der Waals surface area contributed by atoms with Gasteiger partial charge in [-0.05, 0) is 38.5 Å². The Balaban J connectivity index is 1.46. The Morgan fingerprint density at radius 2 is 1.93 bits per heavy atom. The number of methoxy groups -OCH3 is 1. The van der Waals surface area contributed by atoms with Crippen LogP contribution in [0.5, 0.6) is 0 Å². The zero-order valence-electron chi connectivity index (χ0n) is 22.8. The van der Waals surface area contributed by atoms with Crippen LogP contribution in [-0.2, 0) is 40.9 Å². The summed E-state index contributed by atoms with van der Waals surface area (Å²) >= 11 is 6.51. The van der Waals surface area contributed by atoms with Gasteiger partial charge in [-0.2, -0.15) is 23.4 Å². The van der Waals surface area contributed by atoms with Gasteiger partial charge in [0.25, 0.3) is 0 Å². The molecule has 1 amide bonds. The molecule has 0 spiro atoms. The maximum atomic E-state index is 15.3. The van der Waals surface area contributed by atoms with Crippen LogP contribution < -0.4 is 4.90 Å². The fourth-order valence-electron chi connectivity index (χ4n) is 5.00. The summed E-state index contributed by atoms with van der Waals surface area (Å²) in [6, 6.07) is 5.90. The Morgan fingerprint density at radius 1 is 1.17 bits per heavy atom. The van der Waals surface area contributed by atoms with Crippen LogP contribution in [0.2, 0.25) is 5.02 Å². The van der Waals surface area contributed by atoms with Crippen LogP contribution in [0, 0.1) is 5.82 Å². The lowest BCUT2D eigenvalue weighted by molar-refractivity contribution is -0.140. The van der Waals surface area contributed by atoms with E-state index in [1.54, 1.807) is 35.5 Å². The van der Waals surface area contributed by atoms with Gasteiger partial charge in [-0.15, -0.1) is 0 Å². The highest BCUT2D eigenvalue weighted by atomic mass is 35.5. The van der Waals surface area contributed by atoms with E-state index in [0.717, 1.165) is 6.20 Å². The summed E-state index contributed by atoms with van der Waals surface area (Å²) in [5.74, 6) is -0.536. The molecule has 218 valence electrons. The number of ether oxygens (including phenoxy) is 1. The zero-order valence-corrected chi connectivity index (χ0v) is 23.6. The van der Waals surface area contributed by atoms with Crippen LogP contribution in [-0.4, -0.2) is 48.7 Å². The highest BCUT2D eigenvalue weighted by Gasteiger charge is 2.35. The molecule has 9 nitrogen and oxygen atoms in total. The van der Waals surface area contributed by atoms with Gasteiger partial charge in [0.1, 0.15) is 28.8 Å². The molecule has 4 heterocycles. The predicted octanol–water partition coefficient (Wildman–Crippen LogP) is 5.76. The summed E-state index contributed by atoms with van der Waals surface area (Å²) in [5.41, 5.74) is -0.157. The number of carbonyl (C=O) groups excluding carboxylic acids is 1. The van der Waals surface area contributed by atoms with Crippen LogP contribution in [0.25, 0.3) is 22.8 Å². The van der Waals surface area contributed by atoms with E-state index in [1.165, 1.54) is 27.8 Å². The summed E-state index contributed by atoms with van der Waals surface area (Å²) in [6.45, 7) is 6.48. The van der Waals surface area contributed by atoms with Crippen molar-refractivity contribution in [2.75, 3.05) is 18.6 Å². The monoisotopic (exact) mass is 593 g/mol. The predicted molar refractivity (Wildman–Crippen MR) is 144 cm³/mol. The molecule has 0 aliphatic carbocycles. The van der Waals surface area contributed by atoms with Gasteiger partial charge in [-0.1, -0.05) is 17.7 Å². The topological polar surface area (TPSA) is 83.0 Å². The van der Waals surface area contributed by atoms with Crippen molar-refractivity contribution < 1.29 is 27.1 Å². The highest BCUT2D eigenvalue weighted by molar-refractivity contribution is 6.33. The first-order valence-corrected chi connectivity index (χ1v) is 13.3. The number of aromatic nitrogens is 6. The molecule has 0 N–H and O–H groups in total. The van der Waals surface area contributed by atoms with Crippen molar-refractivity contribution in [3.05, 3.63) is 58.8 Å². The average molecular weight is 594 g/mol. The third-order valence-corrected chi connectivity index (χ3v) is 7.21. The summed E-state index contributed by atoms with van der Waals surface area (Å²) in [5, 5.41) is 9.50. The van der Waals surface area contributed by atoms with E-state index in [4.69, 9.17) is 16.3 Å². The Bertz CT molecular complexity index is 1610. The summed E-state index contributed by atoms with van der Waals surface area (Å²) < 4.78 is 64.9. The number of hydrogen-bond donors (Lipinski definition) is 0. The van der Waals surface area contributed by atoms with Gasteiger partial charge < -0.3 is 9.30 Å². The second-order valence-electron chi connectivity index (χ2n) is 10.4. The lowest BCUT2D eigenvalue weighted by Gasteiger charge is -2.27. The number of alkyl halides is 3. The van der Waals surface area contributed by atoms with Crippen LogP contribution in [0.1, 0.15) is 38.4 Å². The molecule has 0 atom stereocenters. The number of hydrogen-bond acceptors (Lipinski definition) is 5. The van der Waals surface area contributed by atoms with Gasteiger partial charge in [-0.25, -0.2) is 14.1 Å². The number of amides is 1. The van der Waals surface area contributed by atoms with Crippen molar-refractivity contribution in [2.24, 2.45) is 0 Å². The molecule has 5 rings (SSSR count). The smallest absolute Gasteiger partial charge is 0.382 e. The summed E-state index contributed by atoms with van der Waals surface area (Å²) in [6.07, 6.45) is -2.07. The molecule has 0 saturated carbocycles. The Kier molecular flexibility index (Phi) is 7.45. The first-order chi connectivity index (χ1) is 19.3. The SMILES string of the molecule is CCn1cc(C(F)(F)F)nc1-c1ccc(CN2C(=O)CCn3nc(-c4c(Cl)cnn4C(C)(C)COC)cc32)cc1F. The first kappa shape index (κ1) is 28.8. The standard InChI is InChI=1S/C27H28ClF4N7O2/c1-5-36-14-21(27(30,31)32)34-25(36)17-7-6-16(10-19(17)29)13-37-22-11-20(35-38(22)9-8-23(37)40)24-18(28)12-33-39(24)26(2,3)15-41-4/h6-7,10-12,14H,5,8-9,13,15H2,1-4H3. The van der Waals surface area contributed by atoms with Gasteiger partial charge in [0, 0.05) is 32.3 Å². The number of nitrogens with zero attached hydrogens (tertiary/aromatic N) is 7. The van der Waals surface area contributed by atoms with E-state index in [2.05, 4.69) is 15.2 Å². The highest BCUT2D eigenvalue weighted by Crippen LogP contribution is 2.36. The van der Waals surface area contributed by atoms with Crippen LogP contribution in [0.3, 0.4) is 0 Å². The molecule has 1 aliphatic heterocycles. The molecule has 0 fully saturated rings. The second-order valence-corrected chi connectivity index (χ2v) is 10.8. The molecule has 0 bridgehead atoms. The van der Waals surface area contributed by atoms with Crippen LogP contribution in [0.4, 0.5) is 23.4 Å². The number of imidazole rings is 1. The fraction of sp³-hybridized carbons (Fsp3) is 0.407. The molecular weight excluding hydrogens is 566 g/mol. The van der Waals surface area contributed by atoms with Crippen LogP contribution >= 0.6 is 11.6 Å². The van der Waals surface area contributed by atoms with E-state index in [0.29, 0.717) is 40.9 Å². The number of rotatable bonds is 8. The quantitative estimate of drug-likeness (QED) is 0.243.